The van der Waals surface area contributed by atoms with Crippen molar-refractivity contribution in [1.29, 1.82) is 0 Å². The van der Waals surface area contributed by atoms with E-state index in [1.807, 2.05) is 0 Å². The van der Waals surface area contributed by atoms with Crippen LogP contribution >= 0.6 is 0 Å². The van der Waals surface area contributed by atoms with Gasteiger partial charge in [-0.2, -0.15) is 0 Å². The van der Waals surface area contributed by atoms with E-state index in [2.05, 4.69) is 5.32 Å². The summed E-state index contributed by atoms with van der Waals surface area (Å²) in [6, 6.07) is -1.27. The van der Waals surface area contributed by atoms with Gasteiger partial charge < -0.3 is 16.8 Å². The Hall–Kier alpha value is -1.10. The van der Waals surface area contributed by atoms with Crippen molar-refractivity contribution >= 4 is 11.8 Å². The van der Waals surface area contributed by atoms with Crippen molar-refractivity contribution in [2.75, 3.05) is 0 Å². The zero-order chi connectivity index (χ0) is 9.02. The van der Waals surface area contributed by atoms with Gasteiger partial charge >= 0.3 is 0 Å². The van der Waals surface area contributed by atoms with Gasteiger partial charge in [0, 0.05) is 0 Å². The lowest BCUT2D eigenvalue weighted by Crippen LogP contribution is -2.47. The minimum atomic E-state index is -0.659. The molecular weight excluding hydrogens is 146 g/mol. The molecule has 0 spiro atoms. The predicted octanol–water partition coefficient (Wildman–Crippen LogP) is -1.68. The SMILES string of the molecule is CC(N)C(=O)NC(C)C(N)=O. The molecule has 2 amide bonds. The molecule has 2 unspecified atom stereocenters. The average Bonchev–Trinajstić information content (AvgIpc) is 1.87. The van der Waals surface area contributed by atoms with Crippen LogP contribution in [0.25, 0.3) is 0 Å². The monoisotopic (exact) mass is 159 g/mol. The Kier molecular flexibility index (Phi) is 3.53. The summed E-state index contributed by atoms with van der Waals surface area (Å²) in [6.45, 7) is 3.03. The lowest BCUT2D eigenvalue weighted by atomic mass is 10.3. The van der Waals surface area contributed by atoms with E-state index >= 15 is 0 Å². The second-order valence-electron chi connectivity index (χ2n) is 2.42. The molecule has 0 aromatic heterocycles. The number of rotatable bonds is 3. The molecule has 0 saturated carbocycles. The Labute approximate surface area is 65.1 Å². The molecule has 0 bridgehead atoms. The molecule has 0 heterocycles. The number of hydrogen-bond donors (Lipinski definition) is 3. The van der Waals surface area contributed by atoms with Crippen LogP contribution < -0.4 is 16.8 Å². The Balaban J connectivity index is 3.85. The van der Waals surface area contributed by atoms with Crippen LogP contribution in [0, 0.1) is 0 Å². The van der Waals surface area contributed by atoms with Crippen LogP contribution in [0.5, 0.6) is 0 Å². The normalized spacial score (nSPS) is 15.2. The van der Waals surface area contributed by atoms with Gasteiger partial charge in [0.1, 0.15) is 6.04 Å². The highest BCUT2D eigenvalue weighted by atomic mass is 16.2. The molecule has 0 saturated heterocycles. The number of nitrogens with two attached hydrogens (primary N) is 2. The van der Waals surface area contributed by atoms with E-state index in [9.17, 15) is 9.59 Å². The number of nitrogens with one attached hydrogen (secondary N) is 1. The molecule has 0 radical (unpaired) electrons. The first-order chi connectivity index (χ1) is 4.95. The number of carbonyl (C=O) groups is 2. The van der Waals surface area contributed by atoms with Crippen molar-refractivity contribution in [3.8, 4) is 0 Å². The molecule has 0 aliphatic carbocycles. The molecule has 64 valence electrons. The summed E-state index contributed by atoms with van der Waals surface area (Å²) in [5.74, 6) is -0.949. The van der Waals surface area contributed by atoms with E-state index < -0.39 is 18.0 Å². The van der Waals surface area contributed by atoms with Gasteiger partial charge in [0.05, 0.1) is 6.04 Å². The van der Waals surface area contributed by atoms with Crippen LogP contribution in [0.1, 0.15) is 13.8 Å². The van der Waals surface area contributed by atoms with Crippen LogP contribution in [0.15, 0.2) is 0 Å². The van der Waals surface area contributed by atoms with Gasteiger partial charge in [0.2, 0.25) is 11.8 Å². The molecule has 11 heavy (non-hydrogen) atoms. The van der Waals surface area contributed by atoms with Crippen molar-refractivity contribution in [1.82, 2.24) is 5.32 Å². The lowest BCUT2D eigenvalue weighted by Gasteiger charge is -2.11. The van der Waals surface area contributed by atoms with Crippen LogP contribution in [0.2, 0.25) is 0 Å². The average molecular weight is 159 g/mol. The van der Waals surface area contributed by atoms with E-state index in [1.54, 1.807) is 0 Å². The first kappa shape index (κ1) is 9.90. The lowest BCUT2D eigenvalue weighted by molar-refractivity contribution is -0.127. The molecule has 0 aromatic rings. The summed E-state index contributed by atoms with van der Waals surface area (Å²) >= 11 is 0. The number of amides is 2. The van der Waals surface area contributed by atoms with E-state index in [0.29, 0.717) is 0 Å². The second-order valence-corrected chi connectivity index (χ2v) is 2.42. The highest BCUT2D eigenvalue weighted by Gasteiger charge is 2.14. The number of hydrogen-bond acceptors (Lipinski definition) is 3. The van der Waals surface area contributed by atoms with E-state index in [1.165, 1.54) is 13.8 Å². The van der Waals surface area contributed by atoms with Crippen molar-refractivity contribution in [3.05, 3.63) is 0 Å². The third-order valence-electron chi connectivity index (χ3n) is 1.20. The van der Waals surface area contributed by atoms with Crippen LogP contribution in [-0.4, -0.2) is 23.9 Å². The highest BCUT2D eigenvalue weighted by Crippen LogP contribution is 1.81. The predicted molar refractivity (Wildman–Crippen MR) is 40.4 cm³/mol. The molecule has 0 aromatic carbocycles. The maximum atomic E-state index is 10.8. The Morgan fingerprint density at radius 2 is 1.82 bits per heavy atom. The van der Waals surface area contributed by atoms with Crippen LogP contribution in [0.4, 0.5) is 0 Å². The second kappa shape index (κ2) is 3.92. The third-order valence-corrected chi connectivity index (χ3v) is 1.20. The van der Waals surface area contributed by atoms with Gasteiger partial charge in [-0.05, 0) is 13.8 Å². The molecule has 0 aliphatic heterocycles. The van der Waals surface area contributed by atoms with E-state index in [0.717, 1.165) is 0 Å². The van der Waals surface area contributed by atoms with Crippen molar-refractivity contribution in [3.63, 3.8) is 0 Å². The molecule has 5 heteroatoms. The van der Waals surface area contributed by atoms with Crippen molar-refractivity contribution in [2.45, 2.75) is 25.9 Å². The largest absolute Gasteiger partial charge is 0.368 e. The number of carbonyl (C=O) groups excluding carboxylic acids is 2. The zero-order valence-electron chi connectivity index (χ0n) is 6.63. The van der Waals surface area contributed by atoms with Gasteiger partial charge in [-0.3, -0.25) is 9.59 Å². The summed E-state index contributed by atoms with van der Waals surface area (Å²) in [4.78, 5) is 21.2. The molecule has 5 N–H and O–H groups in total. The van der Waals surface area contributed by atoms with Crippen LogP contribution in [0.3, 0.4) is 0 Å². The van der Waals surface area contributed by atoms with E-state index in [-0.39, 0.29) is 5.91 Å². The fraction of sp³-hybridized carbons (Fsp3) is 0.667. The first-order valence-corrected chi connectivity index (χ1v) is 3.30. The van der Waals surface area contributed by atoms with Crippen LogP contribution in [-0.2, 0) is 9.59 Å². The summed E-state index contributed by atoms with van der Waals surface area (Å²) in [6.07, 6.45) is 0. The Morgan fingerprint density at radius 1 is 1.36 bits per heavy atom. The summed E-state index contributed by atoms with van der Waals surface area (Å²) < 4.78 is 0. The van der Waals surface area contributed by atoms with Crippen molar-refractivity contribution < 1.29 is 9.59 Å². The molecule has 0 rings (SSSR count). The summed E-state index contributed by atoms with van der Waals surface area (Å²) in [5.41, 5.74) is 10.1. The Bertz CT molecular complexity index is 167. The molecule has 0 fully saturated rings. The zero-order valence-corrected chi connectivity index (χ0v) is 6.63. The van der Waals surface area contributed by atoms with Gasteiger partial charge in [-0.25, -0.2) is 0 Å². The van der Waals surface area contributed by atoms with Gasteiger partial charge in [-0.1, -0.05) is 0 Å². The fourth-order valence-electron chi connectivity index (χ4n) is 0.416. The topological polar surface area (TPSA) is 98.2 Å². The van der Waals surface area contributed by atoms with Crippen molar-refractivity contribution in [2.24, 2.45) is 11.5 Å². The molecular formula is C6H13N3O2. The van der Waals surface area contributed by atoms with Gasteiger partial charge in [0.25, 0.3) is 0 Å². The van der Waals surface area contributed by atoms with Gasteiger partial charge in [0.15, 0.2) is 0 Å². The number of primary amides is 1. The summed E-state index contributed by atoms with van der Waals surface area (Å²) in [7, 11) is 0. The molecule has 5 nitrogen and oxygen atoms in total. The standard InChI is InChI=1S/C6H13N3O2/c1-3(7)6(11)9-4(2)5(8)10/h3-4H,7H2,1-2H3,(H2,8,10)(H,9,11). The minimum absolute atomic E-state index is 0.378. The smallest absolute Gasteiger partial charge is 0.239 e. The Morgan fingerprint density at radius 3 is 2.09 bits per heavy atom. The maximum absolute atomic E-state index is 10.8. The molecule has 0 aliphatic rings. The van der Waals surface area contributed by atoms with E-state index in [4.69, 9.17) is 11.5 Å². The van der Waals surface area contributed by atoms with Gasteiger partial charge in [-0.15, -0.1) is 0 Å². The molecule has 2 atom stereocenters. The maximum Gasteiger partial charge on any atom is 0.239 e. The third kappa shape index (κ3) is 3.57. The first-order valence-electron chi connectivity index (χ1n) is 3.30. The highest BCUT2D eigenvalue weighted by molar-refractivity contribution is 5.88. The summed E-state index contributed by atoms with van der Waals surface area (Å²) in [5, 5.41) is 2.34. The fourth-order valence-corrected chi connectivity index (χ4v) is 0.416. The minimum Gasteiger partial charge on any atom is -0.368 e. The quantitative estimate of drug-likeness (QED) is 0.459.